The zero-order valence-corrected chi connectivity index (χ0v) is 8.01. The molecular weight excluding hydrogens is 150 g/mol. The number of aliphatic hydroxyl groups is 1. The topological polar surface area (TPSA) is 23.5 Å². The van der Waals surface area contributed by atoms with E-state index in [9.17, 15) is 0 Å². The highest BCUT2D eigenvalue weighted by Crippen LogP contribution is 2.23. The largest absolute Gasteiger partial charge is 0.400 e. The average Bonchev–Trinajstić information content (AvgIpc) is 1.89. The smallest absolute Gasteiger partial charge is 0.0319 e. The lowest BCUT2D eigenvalue weighted by Crippen LogP contribution is -2.37. The molecule has 0 spiro atoms. The van der Waals surface area contributed by atoms with E-state index < -0.39 is 0 Å². The van der Waals surface area contributed by atoms with Gasteiger partial charge >= 0.3 is 0 Å². The van der Waals surface area contributed by atoms with E-state index in [0.717, 1.165) is 13.2 Å². The van der Waals surface area contributed by atoms with Crippen LogP contribution in [0.25, 0.3) is 0 Å². The fourth-order valence-electron chi connectivity index (χ4n) is 1.36. The van der Waals surface area contributed by atoms with Crippen LogP contribution in [0.2, 0.25) is 0 Å². The minimum Gasteiger partial charge on any atom is -0.400 e. The summed E-state index contributed by atoms with van der Waals surface area (Å²) in [4.78, 5) is 2.49. The van der Waals surface area contributed by atoms with Crippen molar-refractivity contribution in [2.24, 2.45) is 0 Å². The van der Waals surface area contributed by atoms with Crippen LogP contribution in [0, 0.1) is 0 Å². The lowest BCUT2D eigenvalue weighted by atomic mass is 9.92. The molecule has 0 aliphatic heterocycles. The maximum atomic E-state index is 7.00. The van der Waals surface area contributed by atoms with Crippen molar-refractivity contribution in [3.8, 4) is 0 Å². The van der Waals surface area contributed by atoms with E-state index in [1.807, 2.05) is 0 Å². The van der Waals surface area contributed by atoms with Crippen molar-refractivity contribution >= 4 is 0 Å². The second kappa shape index (κ2) is 9.01. The van der Waals surface area contributed by atoms with Gasteiger partial charge in [-0.3, -0.25) is 0 Å². The summed E-state index contributed by atoms with van der Waals surface area (Å²) in [5, 5.41) is 7.00. The molecule has 0 aromatic heterocycles. The summed E-state index contributed by atoms with van der Waals surface area (Å²) in [6, 6.07) is 0.935. The van der Waals surface area contributed by atoms with E-state index in [2.05, 4.69) is 18.9 Å². The second-order valence-corrected chi connectivity index (χ2v) is 3.07. The first kappa shape index (κ1) is 14.4. The van der Waals surface area contributed by atoms with E-state index in [1.165, 1.54) is 32.2 Å². The zero-order chi connectivity index (χ0) is 8.69. The van der Waals surface area contributed by atoms with Crippen molar-refractivity contribution in [2.75, 3.05) is 20.7 Å². The van der Waals surface area contributed by atoms with Crippen LogP contribution in [0.3, 0.4) is 0 Å². The molecule has 76 valence electrons. The van der Waals surface area contributed by atoms with Crippen LogP contribution in [0.5, 0.6) is 0 Å². The maximum Gasteiger partial charge on any atom is 0.0319 e. The maximum absolute atomic E-state index is 7.00. The van der Waals surface area contributed by atoms with E-state index in [4.69, 9.17) is 5.11 Å². The van der Waals surface area contributed by atoms with Crippen LogP contribution in [0.1, 0.15) is 40.0 Å². The summed E-state index contributed by atoms with van der Waals surface area (Å²) < 4.78 is 0. The van der Waals surface area contributed by atoms with Crippen molar-refractivity contribution in [3.63, 3.8) is 0 Å². The average molecular weight is 175 g/mol. The van der Waals surface area contributed by atoms with Crippen molar-refractivity contribution in [2.45, 2.75) is 46.1 Å². The monoisotopic (exact) mass is 175 g/mol. The Kier molecular flexibility index (Phi) is 10.8. The third-order valence-corrected chi connectivity index (χ3v) is 2.27. The van der Waals surface area contributed by atoms with Gasteiger partial charge in [-0.2, -0.15) is 0 Å². The Hall–Kier alpha value is -0.0800. The third-order valence-electron chi connectivity index (χ3n) is 2.27. The van der Waals surface area contributed by atoms with Crippen LogP contribution < -0.4 is 0 Å². The molecule has 0 bridgehead atoms. The molecule has 1 saturated carbocycles. The number of rotatable bonds is 3. The third kappa shape index (κ3) is 4.73. The lowest BCUT2D eigenvalue weighted by Gasteiger charge is -2.34. The summed E-state index contributed by atoms with van der Waals surface area (Å²) in [5.74, 6) is 0. The van der Waals surface area contributed by atoms with Gasteiger partial charge in [0.05, 0.1) is 0 Å². The molecule has 1 rings (SSSR count). The van der Waals surface area contributed by atoms with Gasteiger partial charge in [-0.05, 0) is 32.9 Å². The molecule has 0 aromatic carbocycles. The molecule has 1 fully saturated rings. The van der Waals surface area contributed by atoms with Gasteiger partial charge in [-0.1, -0.05) is 20.8 Å². The second-order valence-electron chi connectivity index (χ2n) is 3.07. The summed E-state index contributed by atoms with van der Waals surface area (Å²) in [5.41, 5.74) is 0. The van der Waals surface area contributed by atoms with E-state index >= 15 is 0 Å². The Balaban J connectivity index is 0. The summed E-state index contributed by atoms with van der Waals surface area (Å²) in [6.07, 6.45) is 5.64. The van der Waals surface area contributed by atoms with Gasteiger partial charge in [-0.25, -0.2) is 0 Å². The van der Waals surface area contributed by atoms with Crippen LogP contribution in [0.15, 0.2) is 0 Å². The summed E-state index contributed by atoms with van der Waals surface area (Å²) in [7, 11) is 3.24. The molecule has 0 saturated heterocycles. The molecule has 0 atom stereocenters. The highest BCUT2D eigenvalue weighted by molar-refractivity contribution is 4.77. The Morgan fingerprint density at radius 1 is 1.33 bits per heavy atom. The van der Waals surface area contributed by atoms with Gasteiger partial charge in [0.1, 0.15) is 0 Å². The van der Waals surface area contributed by atoms with Gasteiger partial charge in [-0.15, -0.1) is 0 Å². The van der Waals surface area contributed by atoms with E-state index in [-0.39, 0.29) is 7.43 Å². The molecule has 1 N–H and O–H groups in total. The Morgan fingerprint density at radius 3 is 2.08 bits per heavy atom. The van der Waals surface area contributed by atoms with Gasteiger partial charge in [0.15, 0.2) is 0 Å². The Morgan fingerprint density at radius 2 is 1.83 bits per heavy atom. The summed E-state index contributed by atoms with van der Waals surface area (Å²) >= 11 is 0. The fraction of sp³-hybridized carbons (Fsp3) is 1.00. The van der Waals surface area contributed by atoms with Crippen LogP contribution >= 0.6 is 0 Å². The highest BCUT2D eigenvalue weighted by Gasteiger charge is 2.20. The van der Waals surface area contributed by atoms with Crippen LogP contribution in [-0.2, 0) is 0 Å². The molecule has 0 unspecified atom stereocenters. The minimum absolute atomic E-state index is 0. The quantitative estimate of drug-likeness (QED) is 0.710. The fourth-order valence-corrected chi connectivity index (χ4v) is 1.36. The molecule has 0 radical (unpaired) electrons. The first-order valence-electron chi connectivity index (χ1n) is 4.49. The van der Waals surface area contributed by atoms with Gasteiger partial charge in [0, 0.05) is 13.2 Å². The summed E-state index contributed by atoms with van der Waals surface area (Å²) in [6.45, 7) is 3.53. The number of nitrogens with zero attached hydrogens (tertiary/aromatic N) is 1. The predicted octanol–water partition coefficient (Wildman–Crippen LogP) is 2.13. The standard InChI is InChI=1S/C8H17N.CH4O.CH4/c1-3-7-9(2)8-5-4-6-8;1-2;/h8H,3-7H2,1-2H3;2H,1H3;1H4. The zero-order valence-electron chi connectivity index (χ0n) is 8.01. The molecule has 2 nitrogen and oxygen atoms in total. The molecule has 12 heavy (non-hydrogen) atoms. The van der Waals surface area contributed by atoms with E-state index in [0.29, 0.717) is 0 Å². The molecule has 0 amide bonds. The van der Waals surface area contributed by atoms with Crippen molar-refractivity contribution in [1.29, 1.82) is 0 Å². The first-order chi connectivity index (χ1) is 5.34. The molecule has 0 heterocycles. The van der Waals surface area contributed by atoms with Crippen molar-refractivity contribution in [3.05, 3.63) is 0 Å². The van der Waals surface area contributed by atoms with Crippen molar-refractivity contribution < 1.29 is 5.11 Å². The van der Waals surface area contributed by atoms with Gasteiger partial charge < -0.3 is 10.0 Å². The van der Waals surface area contributed by atoms with Crippen molar-refractivity contribution in [1.82, 2.24) is 4.90 Å². The van der Waals surface area contributed by atoms with Gasteiger partial charge in [0.2, 0.25) is 0 Å². The highest BCUT2D eigenvalue weighted by atomic mass is 16.2. The number of hydrogen-bond acceptors (Lipinski definition) is 2. The van der Waals surface area contributed by atoms with Gasteiger partial charge in [0.25, 0.3) is 0 Å². The number of aliphatic hydroxyl groups excluding tert-OH is 1. The van der Waals surface area contributed by atoms with E-state index in [1.54, 1.807) is 0 Å². The van der Waals surface area contributed by atoms with Crippen LogP contribution in [0.4, 0.5) is 0 Å². The molecule has 1 aliphatic rings. The molecule has 0 aromatic rings. The normalized spacial score (nSPS) is 15.8. The molecule has 2 heteroatoms. The molecule has 1 aliphatic carbocycles. The lowest BCUT2D eigenvalue weighted by molar-refractivity contribution is 0.160. The SMILES string of the molecule is C.CCCN(C)C1CCC1.CO. The number of hydrogen-bond donors (Lipinski definition) is 1. The Bertz CT molecular complexity index is 81.9. The first-order valence-corrected chi connectivity index (χ1v) is 4.49. The Labute approximate surface area is 77.6 Å². The predicted molar refractivity (Wildman–Crippen MR) is 55.4 cm³/mol. The molecular formula is C10H25NO. The van der Waals surface area contributed by atoms with Crippen LogP contribution in [-0.4, -0.2) is 36.8 Å². The minimum atomic E-state index is 0.